The lowest BCUT2D eigenvalue weighted by molar-refractivity contribution is -0.241. The highest BCUT2D eigenvalue weighted by molar-refractivity contribution is 5.74. The van der Waals surface area contributed by atoms with Crippen molar-refractivity contribution in [1.82, 2.24) is 5.32 Å². The predicted octanol–water partition coefficient (Wildman–Crippen LogP) is 7.00. The molecule has 0 aromatic rings. The minimum atomic E-state index is -2.12. The molecule has 0 bridgehead atoms. The number of amides is 1. The van der Waals surface area contributed by atoms with Gasteiger partial charge in [0.2, 0.25) is 11.5 Å². The number of aliphatic hydroxyl groups excluding tert-OH is 3. The van der Waals surface area contributed by atoms with Crippen LogP contribution in [0.15, 0.2) is 0 Å². The van der Waals surface area contributed by atoms with Gasteiger partial charge in [-0.3, -0.25) is 24.0 Å². The van der Waals surface area contributed by atoms with Gasteiger partial charge in [-0.1, -0.05) is 54.9 Å². The van der Waals surface area contributed by atoms with E-state index in [1.807, 2.05) is 0 Å². The molecule has 0 spiro atoms. The van der Waals surface area contributed by atoms with Crippen molar-refractivity contribution in [3.05, 3.63) is 0 Å². The smallest absolute Gasteiger partial charge is 0.303 e. The van der Waals surface area contributed by atoms with Crippen molar-refractivity contribution in [1.29, 1.82) is 0 Å². The highest BCUT2D eigenvalue weighted by Crippen LogP contribution is 2.78. The molecule has 14 heteroatoms. The second kappa shape index (κ2) is 19.5. The van der Waals surface area contributed by atoms with Gasteiger partial charge in [0.15, 0.2) is 12.2 Å². The first-order valence-corrected chi connectivity index (χ1v) is 25.3. The summed E-state index contributed by atoms with van der Waals surface area (Å²) in [5.41, 5.74) is -0.348. The van der Waals surface area contributed by atoms with Crippen molar-refractivity contribution in [3.63, 3.8) is 0 Å². The van der Waals surface area contributed by atoms with Crippen LogP contribution in [0.3, 0.4) is 0 Å². The van der Waals surface area contributed by atoms with Gasteiger partial charge in [-0.15, -0.1) is 0 Å². The van der Waals surface area contributed by atoms with Crippen LogP contribution in [0, 0.1) is 62.6 Å². The van der Waals surface area contributed by atoms with Crippen molar-refractivity contribution >= 4 is 29.8 Å². The Morgan fingerprint density at radius 1 is 0.636 bits per heavy atom. The molecule has 1 amide bonds. The van der Waals surface area contributed by atoms with E-state index in [2.05, 4.69) is 53.8 Å². The van der Waals surface area contributed by atoms with Gasteiger partial charge in [-0.05, 0) is 146 Å². The first-order chi connectivity index (χ1) is 30.7. The summed E-state index contributed by atoms with van der Waals surface area (Å²) in [6.07, 6.45) is 6.51. The second-order valence-electron chi connectivity index (χ2n) is 23.7. The molecule has 6 rings (SSSR count). The molecule has 6 aliphatic carbocycles. The Balaban J connectivity index is 1.09. The summed E-state index contributed by atoms with van der Waals surface area (Å²) in [4.78, 5) is 62.0. The quantitative estimate of drug-likeness (QED) is 0.0911. The van der Waals surface area contributed by atoms with E-state index >= 15 is 0 Å². The van der Waals surface area contributed by atoms with E-state index < -0.39 is 84.7 Å². The maximum absolute atomic E-state index is 12.6. The van der Waals surface area contributed by atoms with Crippen molar-refractivity contribution in [3.8, 4) is 0 Å². The lowest BCUT2D eigenvalue weighted by Gasteiger charge is -2.73. The third kappa shape index (κ3) is 9.45. The second-order valence-corrected chi connectivity index (χ2v) is 23.7. The van der Waals surface area contributed by atoms with E-state index in [9.17, 15) is 39.3 Å². The SMILES string of the molecule is CC(=O)N[C@@H]1[C@@H](OC(C)=O)[C@H](OC(C)=O)[C@@](COC(C)=O)(OC(C)=O)[C@H]1OCC[C@H](O)[C@H](O)[C@H](O)CCC(C)[C@H]1CC[C@]2(C)[C@H]3CC[C@@H]4[C@@]5(C)CCCC(C)(C)[C@@H]5CC[C@@]4(C)[C@]3(C)CC[C@@H]12. The van der Waals surface area contributed by atoms with Gasteiger partial charge in [0.1, 0.15) is 24.9 Å². The fourth-order valence-corrected chi connectivity index (χ4v) is 16.8. The first-order valence-electron chi connectivity index (χ1n) is 25.3. The van der Waals surface area contributed by atoms with Gasteiger partial charge in [-0.25, -0.2) is 0 Å². The Hall–Kier alpha value is -2.81. The van der Waals surface area contributed by atoms with Gasteiger partial charge < -0.3 is 44.3 Å². The molecule has 6 saturated carbocycles. The predicted molar refractivity (Wildman–Crippen MR) is 245 cm³/mol. The third-order valence-electron chi connectivity index (χ3n) is 19.7. The van der Waals surface area contributed by atoms with Crippen LogP contribution in [-0.2, 0) is 47.7 Å². The summed E-state index contributed by atoms with van der Waals surface area (Å²) in [6, 6.07) is -1.29. The number of ether oxygens (including phenoxy) is 5. The molecule has 0 aromatic heterocycles. The van der Waals surface area contributed by atoms with E-state index in [0.29, 0.717) is 58.2 Å². The number of carbonyl (C=O) groups excluding carboxylic acids is 5. The van der Waals surface area contributed by atoms with E-state index in [1.165, 1.54) is 77.6 Å². The van der Waals surface area contributed by atoms with Gasteiger partial charge >= 0.3 is 23.9 Å². The Morgan fingerprint density at radius 2 is 1.24 bits per heavy atom. The van der Waals surface area contributed by atoms with Gasteiger partial charge in [0, 0.05) is 41.2 Å². The molecule has 6 aliphatic rings. The molecule has 4 N–H and O–H groups in total. The van der Waals surface area contributed by atoms with Gasteiger partial charge in [0.25, 0.3) is 0 Å². The van der Waals surface area contributed by atoms with E-state index in [4.69, 9.17) is 23.7 Å². The monoisotopic (exact) mass is 932 g/mol. The summed E-state index contributed by atoms with van der Waals surface area (Å²) < 4.78 is 28.4. The fraction of sp³-hybridized carbons (Fsp3) is 0.904. The molecule has 66 heavy (non-hydrogen) atoms. The molecule has 0 aliphatic heterocycles. The molecule has 1 unspecified atom stereocenters. The van der Waals surface area contributed by atoms with Crippen LogP contribution in [0.1, 0.15) is 173 Å². The zero-order valence-electron chi connectivity index (χ0n) is 42.2. The molecular formula is C52H85NO13. The maximum atomic E-state index is 12.6. The Morgan fingerprint density at radius 3 is 1.83 bits per heavy atom. The summed E-state index contributed by atoms with van der Waals surface area (Å²) >= 11 is 0. The molecule has 14 nitrogen and oxygen atoms in total. The summed E-state index contributed by atoms with van der Waals surface area (Å²) in [5.74, 6) is -0.152. The topological polar surface area (TPSA) is 204 Å². The first kappa shape index (κ1) is 52.6. The van der Waals surface area contributed by atoms with Crippen LogP contribution in [0.2, 0.25) is 0 Å². The zero-order chi connectivity index (χ0) is 48.9. The number of aliphatic hydroxyl groups is 3. The largest absolute Gasteiger partial charge is 0.461 e. The number of rotatable bonds is 16. The fourth-order valence-electron chi connectivity index (χ4n) is 16.8. The Bertz CT molecular complexity index is 1810. The van der Waals surface area contributed by atoms with Crippen LogP contribution >= 0.6 is 0 Å². The highest BCUT2D eigenvalue weighted by atomic mass is 16.7. The van der Waals surface area contributed by atoms with Crippen LogP contribution in [0.5, 0.6) is 0 Å². The van der Waals surface area contributed by atoms with Crippen LogP contribution in [0.4, 0.5) is 0 Å². The standard InChI is InChI=1S/C52H85NO13/c1-29(35-18-24-48(9)36(35)19-25-50(11)40(48)16-17-41-49(10)23-13-22-47(7,8)39(49)20-26-51(41,50)12)14-15-37(59)43(61)38(60)21-27-62-45-42(53-30(2)54)44(64-32(4)56)46(65-33(5)57)52(45,66-34(6)58)28-63-31(3)55/h29,35-46,59-61H,13-28H2,1-12H3,(H,53,54)/t29?,35-,36+,37-,38+,39+,40-,41-,42-,43-,44-,45+,46+,48+,49+,50-,51-,52+/m1/s1. The minimum absolute atomic E-state index is 0.211. The Kier molecular flexibility index (Phi) is 15.6. The Labute approximate surface area is 394 Å². The minimum Gasteiger partial charge on any atom is -0.461 e. The zero-order valence-corrected chi connectivity index (χ0v) is 42.2. The van der Waals surface area contributed by atoms with Gasteiger partial charge in [-0.2, -0.15) is 0 Å². The van der Waals surface area contributed by atoms with E-state index in [-0.39, 0.29) is 18.4 Å². The van der Waals surface area contributed by atoms with Crippen LogP contribution < -0.4 is 5.32 Å². The average Bonchev–Trinajstić information content (AvgIpc) is 3.66. The highest BCUT2D eigenvalue weighted by Gasteiger charge is 2.71. The number of fused-ring (bicyclic) bond motifs is 7. The molecule has 0 heterocycles. The molecule has 376 valence electrons. The maximum Gasteiger partial charge on any atom is 0.303 e. The van der Waals surface area contributed by atoms with Crippen LogP contribution in [-0.4, -0.2) is 107 Å². The van der Waals surface area contributed by atoms with Crippen LogP contribution in [0.25, 0.3) is 0 Å². The lowest BCUT2D eigenvalue weighted by atomic mass is 9.32. The molecule has 0 saturated heterocycles. The normalized spacial score (nSPS) is 41.9. The van der Waals surface area contributed by atoms with E-state index in [0.717, 1.165) is 39.5 Å². The lowest BCUT2D eigenvalue weighted by Crippen LogP contribution is -2.65. The van der Waals surface area contributed by atoms with Crippen molar-refractivity contribution in [2.45, 2.75) is 221 Å². The molecule has 6 fully saturated rings. The van der Waals surface area contributed by atoms with Crippen molar-refractivity contribution in [2.75, 3.05) is 13.2 Å². The number of hydrogen-bond acceptors (Lipinski definition) is 13. The summed E-state index contributed by atoms with van der Waals surface area (Å²) in [7, 11) is 0. The molecule has 0 radical (unpaired) electrons. The number of hydrogen-bond donors (Lipinski definition) is 4. The molecule has 18 atom stereocenters. The average molecular weight is 932 g/mol. The summed E-state index contributed by atoms with van der Waals surface area (Å²) in [5, 5.41) is 36.4. The molecule has 0 aromatic carbocycles. The van der Waals surface area contributed by atoms with Crippen molar-refractivity contribution < 1.29 is 63.0 Å². The number of carbonyl (C=O) groups is 5. The molecular weight excluding hydrogens is 847 g/mol. The van der Waals surface area contributed by atoms with E-state index in [1.54, 1.807) is 0 Å². The number of nitrogens with one attached hydrogen (secondary N) is 1. The van der Waals surface area contributed by atoms with Crippen molar-refractivity contribution in [2.24, 2.45) is 62.6 Å². The summed E-state index contributed by atoms with van der Waals surface area (Å²) in [6.45, 7) is 22.6. The van der Waals surface area contributed by atoms with Gasteiger partial charge in [0.05, 0.1) is 12.2 Å². The number of esters is 4. The third-order valence-corrected chi connectivity index (χ3v) is 19.7.